The van der Waals surface area contributed by atoms with Crippen molar-refractivity contribution in [2.45, 2.75) is 63.2 Å². The van der Waals surface area contributed by atoms with Crippen molar-refractivity contribution in [3.8, 4) is 0 Å². The first kappa shape index (κ1) is 21.7. The number of carbonyl (C=O) groups is 2. The molecule has 9 nitrogen and oxygen atoms in total. The number of amides is 2. The normalized spacial score (nSPS) is 32.9. The number of aromatic nitrogens is 2. The predicted octanol–water partition coefficient (Wildman–Crippen LogP) is 2.25. The zero-order valence-corrected chi connectivity index (χ0v) is 20.3. The predicted molar refractivity (Wildman–Crippen MR) is 132 cm³/mol. The Labute approximate surface area is 207 Å². The van der Waals surface area contributed by atoms with Crippen molar-refractivity contribution in [2.24, 2.45) is 5.92 Å². The molecule has 1 aromatic heterocycles. The number of nitrogens with zero attached hydrogens (tertiary/aromatic N) is 3. The maximum Gasteiger partial charge on any atom is 0.262 e. The van der Waals surface area contributed by atoms with Gasteiger partial charge in [0.25, 0.3) is 5.56 Å². The molecule has 0 radical (unpaired) electrons. The van der Waals surface area contributed by atoms with Gasteiger partial charge in [-0.3, -0.25) is 29.2 Å². The number of carbonyl (C=O) groups excluding carboxylic acids is 2. The highest BCUT2D eigenvalue weighted by molar-refractivity contribution is 6.03. The highest BCUT2D eigenvalue weighted by Crippen LogP contribution is 2.56. The molecule has 6 heterocycles. The Hall–Kier alpha value is -3.56. The first-order valence-electron chi connectivity index (χ1n) is 12.5. The number of hydrogen-bond acceptors (Lipinski definition) is 6. The Balaban J connectivity index is 1.47. The average molecular weight is 486 g/mol. The fourth-order valence-corrected chi connectivity index (χ4v) is 6.57. The van der Waals surface area contributed by atoms with E-state index in [1.807, 2.05) is 30.3 Å². The summed E-state index contributed by atoms with van der Waals surface area (Å²) in [5.41, 5.74) is -0.559. The SMILES string of the molecule is CCC(C)C1NC2N(C1=O)c1ccccc1C21CC2C(=O)NC(C)(O1)c1nc3ccccc3c(=O)n12. The molecule has 5 aliphatic rings. The number of nitrogens with one attached hydrogen (secondary N) is 2. The van der Waals surface area contributed by atoms with E-state index in [0.29, 0.717) is 16.7 Å². The Kier molecular flexibility index (Phi) is 4.23. The van der Waals surface area contributed by atoms with Crippen molar-refractivity contribution in [3.05, 3.63) is 70.3 Å². The van der Waals surface area contributed by atoms with Crippen LogP contribution in [0, 0.1) is 5.92 Å². The number of anilines is 1. The molecule has 6 atom stereocenters. The fourth-order valence-electron chi connectivity index (χ4n) is 6.57. The standard InChI is InChI=1S/C27H27N5O4/c1-4-14(2)20-23(35)31-18-12-8-6-10-16(18)27(25(31)29-20)13-19-21(33)30-26(3,36-27)24-28-17-11-7-5-9-15(17)22(34)32(19)24/h5-12,14,19-20,25,29H,4,13H2,1-3H3,(H,30,33). The Morgan fingerprint density at radius 1 is 1.14 bits per heavy atom. The fraction of sp³-hybridized carbons (Fsp3) is 0.407. The number of hydrogen-bond donors (Lipinski definition) is 2. The lowest BCUT2D eigenvalue weighted by molar-refractivity contribution is -0.181. The van der Waals surface area contributed by atoms with E-state index >= 15 is 0 Å². The molecule has 2 amide bonds. The smallest absolute Gasteiger partial charge is 0.262 e. The van der Waals surface area contributed by atoms with Crippen molar-refractivity contribution < 1.29 is 14.3 Å². The molecule has 3 aromatic rings. The Morgan fingerprint density at radius 2 is 1.89 bits per heavy atom. The first-order chi connectivity index (χ1) is 17.3. The summed E-state index contributed by atoms with van der Waals surface area (Å²) in [6.07, 6.45) is 0.514. The van der Waals surface area contributed by atoms with E-state index in [9.17, 15) is 14.4 Å². The van der Waals surface area contributed by atoms with Crippen molar-refractivity contribution in [1.29, 1.82) is 0 Å². The summed E-state index contributed by atoms with van der Waals surface area (Å²) in [4.78, 5) is 47.5. The summed E-state index contributed by atoms with van der Waals surface area (Å²) in [7, 11) is 0. The zero-order valence-electron chi connectivity index (χ0n) is 20.3. The van der Waals surface area contributed by atoms with Gasteiger partial charge in [-0.2, -0.15) is 0 Å². The van der Waals surface area contributed by atoms with E-state index in [2.05, 4.69) is 24.5 Å². The summed E-state index contributed by atoms with van der Waals surface area (Å²) in [6.45, 7) is 5.87. The van der Waals surface area contributed by atoms with Gasteiger partial charge in [-0.1, -0.05) is 50.6 Å². The molecule has 2 fully saturated rings. The quantitative estimate of drug-likeness (QED) is 0.577. The summed E-state index contributed by atoms with van der Waals surface area (Å²) in [6, 6.07) is 13.6. The van der Waals surface area contributed by atoms with Gasteiger partial charge in [-0.05, 0) is 31.0 Å². The molecule has 8 rings (SSSR count). The Morgan fingerprint density at radius 3 is 2.69 bits per heavy atom. The van der Waals surface area contributed by atoms with E-state index in [0.717, 1.165) is 17.7 Å². The Bertz CT molecular complexity index is 1530. The van der Waals surface area contributed by atoms with Gasteiger partial charge in [0.15, 0.2) is 11.5 Å². The van der Waals surface area contributed by atoms with Crippen LogP contribution in [-0.4, -0.2) is 33.6 Å². The minimum Gasteiger partial charge on any atom is -0.334 e. The van der Waals surface area contributed by atoms with Crippen LogP contribution in [0.5, 0.6) is 0 Å². The summed E-state index contributed by atoms with van der Waals surface area (Å²) in [5, 5.41) is 7.03. The minimum atomic E-state index is -1.38. The molecule has 9 heteroatoms. The zero-order chi connectivity index (χ0) is 25.0. The monoisotopic (exact) mass is 485 g/mol. The van der Waals surface area contributed by atoms with Crippen LogP contribution in [0.15, 0.2) is 53.3 Å². The van der Waals surface area contributed by atoms with Gasteiger partial charge in [0.05, 0.1) is 22.6 Å². The number of rotatable bonds is 2. The second-order valence-electron chi connectivity index (χ2n) is 10.5. The van der Waals surface area contributed by atoms with E-state index < -0.39 is 23.5 Å². The number of fused-ring (bicyclic) bond motifs is 5. The van der Waals surface area contributed by atoms with Crippen LogP contribution in [0.4, 0.5) is 5.69 Å². The first-order valence-corrected chi connectivity index (χ1v) is 12.5. The third-order valence-corrected chi connectivity index (χ3v) is 8.47. The molecular weight excluding hydrogens is 458 g/mol. The van der Waals surface area contributed by atoms with Gasteiger partial charge in [-0.15, -0.1) is 0 Å². The van der Waals surface area contributed by atoms with E-state index in [1.165, 1.54) is 4.57 Å². The lowest BCUT2D eigenvalue weighted by Gasteiger charge is -2.40. The molecule has 6 unspecified atom stereocenters. The van der Waals surface area contributed by atoms with Crippen LogP contribution in [-0.2, 0) is 25.7 Å². The van der Waals surface area contributed by atoms with Crippen molar-refractivity contribution in [2.75, 3.05) is 4.90 Å². The van der Waals surface area contributed by atoms with E-state index in [4.69, 9.17) is 9.72 Å². The number of benzene rings is 2. The third-order valence-electron chi connectivity index (χ3n) is 8.47. The number of ether oxygens (including phenoxy) is 1. The molecule has 2 aromatic carbocycles. The maximum absolute atomic E-state index is 13.7. The largest absolute Gasteiger partial charge is 0.334 e. The summed E-state index contributed by atoms with van der Waals surface area (Å²) >= 11 is 0. The molecule has 5 aliphatic heterocycles. The van der Waals surface area contributed by atoms with E-state index in [1.54, 1.807) is 30.0 Å². The molecule has 2 N–H and O–H groups in total. The summed E-state index contributed by atoms with van der Waals surface area (Å²) in [5.74, 6) is 0.199. The van der Waals surface area contributed by atoms with E-state index in [-0.39, 0.29) is 35.8 Å². The third kappa shape index (κ3) is 2.51. The van der Waals surface area contributed by atoms with Gasteiger partial charge in [0.1, 0.15) is 17.8 Å². The van der Waals surface area contributed by atoms with Crippen LogP contribution in [0.3, 0.4) is 0 Å². The highest BCUT2D eigenvalue weighted by atomic mass is 16.5. The maximum atomic E-state index is 13.7. The lowest BCUT2D eigenvalue weighted by atomic mass is 9.85. The van der Waals surface area contributed by atoms with Crippen molar-refractivity contribution in [3.63, 3.8) is 0 Å². The van der Waals surface area contributed by atoms with Crippen LogP contribution < -0.4 is 21.1 Å². The molecule has 184 valence electrons. The molecule has 0 saturated carbocycles. The molecule has 36 heavy (non-hydrogen) atoms. The van der Waals surface area contributed by atoms with Gasteiger partial charge in [-0.25, -0.2) is 4.98 Å². The van der Waals surface area contributed by atoms with Crippen molar-refractivity contribution >= 4 is 28.4 Å². The average Bonchev–Trinajstić information content (AvgIpc) is 3.26. The minimum absolute atomic E-state index is 0.00172. The second kappa shape index (κ2) is 7.02. The molecular formula is C27H27N5O4. The summed E-state index contributed by atoms with van der Waals surface area (Å²) < 4.78 is 8.48. The van der Waals surface area contributed by atoms with Gasteiger partial charge in [0, 0.05) is 12.0 Å². The van der Waals surface area contributed by atoms with Gasteiger partial charge >= 0.3 is 0 Å². The molecule has 0 aliphatic carbocycles. The molecule has 1 spiro atoms. The van der Waals surface area contributed by atoms with Crippen LogP contribution in [0.2, 0.25) is 0 Å². The van der Waals surface area contributed by atoms with Crippen LogP contribution in [0.25, 0.3) is 10.9 Å². The van der Waals surface area contributed by atoms with Crippen molar-refractivity contribution in [1.82, 2.24) is 20.2 Å². The van der Waals surface area contributed by atoms with Gasteiger partial charge < -0.3 is 10.1 Å². The second-order valence-corrected chi connectivity index (χ2v) is 10.5. The topological polar surface area (TPSA) is 106 Å². The molecule has 2 saturated heterocycles. The van der Waals surface area contributed by atoms with Gasteiger partial charge in [0.2, 0.25) is 11.8 Å². The highest BCUT2D eigenvalue weighted by Gasteiger charge is 2.66. The lowest BCUT2D eigenvalue weighted by Crippen LogP contribution is -2.57. The molecule has 2 bridgehead atoms. The number of para-hydroxylation sites is 2. The van der Waals surface area contributed by atoms with Crippen LogP contribution >= 0.6 is 0 Å². The van der Waals surface area contributed by atoms with Crippen LogP contribution in [0.1, 0.15) is 51.0 Å².